The largest absolute Gasteiger partial charge is 0.395 e. The van der Waals surface area contributed by atoms with Crippen molar-refractivity contribution in [1.82, 2.24) is 5.32 Å². The van der Waals surface area contributed by atoms with Crippen molar-refractivity contribution >= 4 is 0 Å². The average molecular weight is 640 g/mol. The van der Waals surface area contributed by atoms with E-state index in [0.29, 0.717) is 19.4 Å². The van der Waals surface area contributed by atoms with Gasteiger partial charge in [-0.25, -0.2) is 0 Å². The fraction of sp³-hybridized carbons (Fsp3) is 1.00. The second-order valence-corrected chi connectivity index (χ2v) is 12.4. The second kappa shape index (κ2) is 15.9. The van der Waals surface area contributed by atoms with Crippen molar-refractivity contribution in [2.75, 3.05) is 26.3 Å². The summed E-state index contributed by atoms with van der Waals surface area (Å²) < 4.78 is 36.1. The Morgan fingerprint density at radius 3 is 2.07 bits per heavy atom. The Morgan fingerprint density at radius 2 is 1.41 bits per heavy atom. The molecule has 1 unspecified atom stereocenters. The first-order valence-corrected chi connectivity index (χ1v) is 15.5. The molecule has 17 nitrogen and oxygen atoms in total. The minimum Gasteiger partial charge on any atom is -0.395 e. The van der Waals surface area contributed by atoms with Crippen LogP contribution in [0.25, 0.3) is 0 Å². The number of aliphatic hydroxyl groups is 6. The maximum atomic E-state index is 11.2. The molecule has 1 aliphatic carbocycles. The number of hydrogen-bond acceptors (Lipinski definition) is 17. The lowest BCUT2D eigenvalue weighted by molar-refractivity contribution is -0.297. The van der Waals surface area contributed by atoms with E-state index in [2.05, 4.69) is 5.32 Å². The third-order valence-corrected chi connectivity index (χ3v) is 9.23. The van der Waals surface area contributed by atoms with Crippen molar-refractivity contribution in [3.05, 3.63) is 0 Å². The standard InChI is InChI=1S/C27H53N5O12/c1-10-18(35)20(37)16(8-28)40-25(10)43-23-17(9-34)41-27(21(23)38)44-24-19(36)13(30)7-14(31)22(24)42-26-12(29)3-4-15(39-26)11(2)32-5-6-33/h10-27,32-38H,3-9,28-31H2,1-2H3/t10-,11+,12-,13-,14+,15+,16+,17-,18-,19+,20-,21-,22-,23-,24-,25?,26-,27+/m1/s1. The van der Waals surface area contributed by atoms with Crippen molar-refractivity contribution < 1.29 is 59.1 Å². The van der Waals surface area contributed by atoms with Gasteiger partial charge in [0.15, 0.2) is 18.9 Å². The molecular formula is C27H53N5O12. The molecule has 4 rings (SSSR count). The van der Waals surface area contributed by atoms with Gasteiger partial charge in [-0.1, -0.05) is 6.92 Å². The second-order valence-electron chi connectivity index (χ2n) is 12.4. The normalized spacial score (nSPS) is 49.2. The smallest absolute Gasteiger partial charge is 0.187 e. The molecule has 3 aliphatic heterocycles. The molecular weight excluding hydrogens is 586 g/mol. The van der Waals surface area contributed by atoms with Crippen LogP contribution in [-0.4, -0.2) is 161 Å². The number of nitrogens with one attached hydrogen (secondary N) is 1. The van der Waals surface area contributed by atoms with Gasteiger partial charge in [0.25, 0.3) is 0 Å². The summed E-state index contributed by atoms with van der Waals surface area (Å²) in [4.78, 5) is 0. The van der Waals surface area contributed by atoms with Gasteiger partial charge in [-0.3, -0.25) is 0 Å². The third-order valence-electron chi connectivity index (χ3n) is 9.23. The van der Waals surface area contributed by atoms with E-state index in [1.54, 1.807) is 6.92 Å². The fourth-order valence-corrected chi connectivity index (χ4v) is 6.38. The topological polar surface area (TPSA) is 293 Å². The fourth-order valence-electron chi connectivity index (χ4n) is 6.38. The molecule has 18 atom stereocenters. The van der Waals surface area contributed by atoms with Crippen LogP contribution in [0, 0.1) is 5.92 Å². The molecule has 0 aromatic rings. The van der Waals surface area contributed by atoms with Crippen LogP contribution in [0.5, 0.6) is 0 Å². The maximum absolute atomic E-state index is 11.2. The molecule has 15 N–H and O–H groups in total. The summed E-state index contributed by atoms with van der Waals surface area (Å²) in [6.45, 7) is 3.27. The van der Waals surface area contributed by atoms with Crippen LogP contribution in [0.3, 0.4) is 0 Å². The molecule has 0 aromatic carbocycles. The summed E-state index contributed by atoms with van der Waals surface area (Å²) in [6.07, 6.45) is -12.7. The van der Waals surface area contributed by atoms with Gasteiger partial charge in [-0.2, -0.15) is 0 Å². The molecule has 258 valence electrons. The van der Waals surface area contributed by atoms with Crippen LogP contribution in [0.2, 0.25) is 0 Å². The molecule has 0 spiro atoms. The number of aliphatic hydroxyl groups excluding tert-OH is 6. The van der Waals surface area contributed by atoms with E-state index in [0.717, 1.165) is 0 Å². The highest BCUT2D eigenvalue weighted by molar-refractivity contribution is 5.01. The van der Waals surface area contributed by atoms with E-state index < -0.39 is 104 Å². The number of hydrogen-bond donors (Lipinski definition) is 11. The first kappa shape index (κ1) is 36.2. The van der Waals surface area contributed by atoms with E-state index >= 15 is 0 Å². The van der Waals surface area contributed by atoms with Gasteiger partial charge >= 0.3 is 0 Å². The van der Waals surface area contributed by atoms with Crippen LogP contribution in [0.1, 0.15) is 33.1 Å². The summed E-state index contributed by atoms with van der Waals surface area (Å²) in [5.74, 6) is -0.710. The van der Waals surface area contributed by atoms with Crippen molar-refractivity contribution in [2.24, 2.45) is 28.9 Å². The number of nitrogens with two attached hydrogens (primary N) is 4. The lowest BCUT2D eigenvalue weighted by atomic mass is 9.84. The maximum Gasteiger partial charge on any atom is 0.187 e. The average Bonchev–Trinajstić information content (AvgIpc) is 3.30. The van der Waals surface area contributed by atoms with Crippen LogP contribution in [0.15, 0.2) is 0 Å². The van der Waals surface area contributed by atoms with E-state index in [1.165, 1.54) is 0 Å². The summed E-state index contributed by atoms with van der Waals surface area (Å²) in [7, 11) is 0. The first-order valence-electron chi connectivity index (χ1n) is 15.5. The zero-order valence-corrected chi connectivity index (χ0v) is 25.3. The molecule has 3 saturated heterocycles. The van der Waals surface area contributed by atoms with E-state index in [-0.39, 0.29) is 31.7 Å². The first-order chi connectivity index (χ1) is 20.9. The molecule has 0 aromatic heterocycles. The van der Waals surface area contributed by atoms with Crippen LogP contribution in [0.4, 0.5) is 0 Å². The molecule has 17 heteroatoms. The van der Waals surface area contributed by atoms with Crippen LogP contribution in [-0.2, 0) is 28.4 Å². The summed E-state index contributed by atoms with van der Waals surface area (Å²) in [5, 5.41) is 65.4. The van der Waals surface area contributed by atoms with Gasteiger partial charge in [0.2, 0.25) is 0 Å². The minimum atomic E-state index is -1.48. The number of rotatable bonds is 12. The van der Waals surface area contributed by atoms with Crippen molar-refractivity contribution in [3.63, 3.8) is 0 Å². The highest BCUT2D eigenvalue weighted by atomic mass is 16.8. The Balaban J connectivity index is 1.46. The molecule has 1 saturated carbocycles. The highest BCUT2D eigenvalue weighted by Gasteiger charge is 2.53. The summed E-state index contributed by atoms with van der Waals surface area (Å²) in [6, 6.07) is -2.06. The van der Waals surface area contributed by atoms with Gasteiger partial charge in [0.05, 0.1) is 37.6 Å². The van der Waals surface area contributed by atoms with E-state index in [9.17, 15) is 25.5 Å². The molecule has 0 radical (unpaired) electrons. The molecule has 0 amide bonds. The Kier molecular flexibility index (Phi) is 13.1. The Hall–Kier alpha value is -0.680. The zero-order valence-electron chi connectivity index (χ0n) is 25.3. The number of ether oxygens (including phenoxy) is 6. The van der Waals surface area contributed by atoms with Crippen molar-refractivity contribution in [1.29, 1.82) is 0 Å². The quantitative estimate of drug-likeness (QED) is 0.0949. The van der Waals surface area contributed by atoms with Gasteiger partial charge in [0.1, 0.15) is 42.7 Å². The van der Waals surface area contributed by atoms with E-state index in [4.69, 9.17) is 56.5 Å². The van der Waals surface area contributed by atoms with Crippen molar-refractivity contribution in [2.45, 2.75) is 137 Å². The van der Waals surface area contributed by atoms with Crippen LogP contribution < -0.4 is 28.3 Å². The molecule has 0 bridgehead atoms. The third kappa shape index (κ3) is 7.88. The lowest BCUT2D eigenvalue weighted by Crippen LogP contribution is -2.65. The van der Waals surface area contributed by atoms with Gasteiger partial charge < -0.3 is 87.3 Å². The minimum absolute atomic E-state index is 0.0191. The summed E-state index contributed by atoms with van der Waals surface area (Å²) >= 11 is 0. The lowest BCUT2D eigenvalue weighted by Gasteiger charge is -2.46. The van der Waals surface area contributed by atoms with Crippen LogP contribution >= 0.6 is 0 Å². The Labute approximate surface area is 257 Å². The zero-order chi connectivity index (χ0) is 32.3. The van der Waals surface area contributed by atoms with Gasteiger partial charge in [-0.05, 0) is 26.2 Å². The van der Waals surface area contributed by atoms with Gasteiger partial charge in [0, 0.05) is 37.1 Å². The molecule has 4 fully saturated rings. The van der Waals surface area contributed by atoms with Gasteiger partial charge in [-0.15, -0.1) is 0 Å². The predicted octanol–water partition coefficient (Wildman–Crippen LogP) is -5.52. The Bertz CT molecular complexity index is 883. The van der Waals surface area contributed by atoms with E-state index in [1.807, 2.05) is 6.92 Å². The predicted molar refractivity (Wildman–Crippen MR) is 152 cm³/mol. The molecule has 3 heterocycles. The highest BCUT2D eigenvalue weighted by Crippen LogP contribution is 2.35. The SMILES string of the molecule is C[C@H](NCCO)[C@@H]1CC[C@@H](N)[C@@H](O[C@H]2[C@H](O[C@@H]3O[C@H](CO)[C@@H](OC4O[C@@H](CN)[C@@H](O)[C@H](O)[C@H]4C)[C@H]3O)[C@@H](O)[C@H](N)C[C@@H]2N)O1. The summed E-state index contributed by atoms with van der Waals surface area (Å²) in [5.41, 5.74) is 24.7. The molecule has 4 aliphatic rings. The monoisotopic (exact) mass is 639 g/mol. The van der Waals surface area contributed by atoms with Crippen molar-refractivity contribution in [3.8, 4) is 0 Å². The molecule has 44 heavy (non-hydrogen) atoms. The Morgan fingerprint density at radius 1 is 0.750 bits per heavy atom.